The summed E-state index contributed by atoms with van der Waals surface area (Å²) in [7, 11) is -3.16. The van der Waals surface area contributed by atoms with Crippen molar-refractivity contribution < 1.29 is 13.2 Å². The Morgan fingerprint density at radius 3 is 2.57 bits per heavy atom. The van der Waals surface area contributed by atoms with Gasteiger partial charge < -0.3 is 0 Å². The molecule has 0 fully saturated rings. The van der Waals surface area contributed by atoms with E-state index in [1.54, 1.807) is 35.8 Å². The highest BCUT2D eigenvalue weighted by atomic mass is 32.2. The van der Waals surface area contributed by atoms with Crippen molar-refractivity contribution in [1.82, 2.24) is 9.71 Å². The third-order valence-electron chi connectivity index (χ3n) is 2.65. The number of benzene rings is 1. The molecular formula is C13H15N3O3S2. The highest BCUT2D eigenvalue weighted by molar-refractivity contribution is 7.88. The van der Waals surface area contributed by atoms with Crippen LogP contribution in [0, 0.1) is 0 Å². The first-order valence-electron chi connectivity index (χ1n) is 6.18. The summed E-state index contributed by atoms with van der Waals surface area (Å²) in [5.74, 6) is -0.217. The number of amides is 1. The number of hydrogen-bond donors (Lipinski definition) is 2. The fourth-order valence-electron chi connectivity index (χ4n) is 1.66. The average molecular weight is 325 g/mol. The van der Waals surface area contributed by atoms with E-state index in [-0.39, 0.29) is 5.91 Å². The van der Waals surface area contributed by atoms with Crippen molar-refractivity contribution in [1.29, 1.82) is 0 Å². The predicted molar refractivity (Wildman–Crippen MR) is 83.1 cm³/mol. The van der Waals surface area contributed by atoms with Gasteiger partial charge in [0.2, 0.25) is 10.0 Å². The lowest BCUT2D eigenvalue weighted by molar-refractivity contribution is 0.102. The Morgan fingerprint density at radius 1 is 1.29 bits per heavy atom. The van der Waals surface area contributed by atoms with Crippen LogP contribution in [0.3, 0.4) is 0 Å². The van der Waals surface area contributed by atoms with Crippen molar-refractivity contribution in [3.63, 3.8) is 0 Å². The van der Waals surface area contributed by atoms with E-state index in [4.69, 9.17) is 0 Å². The van der Waals surface area contributed by atoms with Crippen LogP contribution in [0.2, 0.25) is 0 Å². The summed E-state index contributed by atoms with van der Waals surface area (Å²) in [5, 5.41) is 5.04. The maximum atomic E-state index is 11.9. The SMILES string of the molecule is CS(=O)(=O)NCCc1ccc(C(=O)Nc2nccs2)cc1. The molecule has 2 rings (SSSR count). The molecule has 1 amide bonds. The number of hydrogen-bond acceptors (Lipinski definition) is 5. The first kappa shape index (κ1) is 15.6. The van der Waals surface area contributed by atoms with E-state index in [2.05, 4.69) is 15.0 Å². The molecule has 1 heterocycles. The highest BCUT2D eigenvalue weighted by Gasteiger charge is 2.07. The molecule has 2 N–H and O–H groups in total. The summed E-state index contributed by atoms with van der Waals surface area (Å²) < 4.78 is 24.3. The Bertz CT molecular complexity index is 695. The van der Waals surface area contributed by atoms with Crippen molar-refractivity contribution in [3.8, 4) is 0 Å². The van der Waals surface area contributed by atoms with Crippen molar-refractivity contribution >= 4 is 32.4 Å². The Labute approximate surface area is 127 Å². The second-order valence-corrected chi connectivity index (χ2v) is 7.13. The molecule has 2 aromatic rings. The van der Waals surface area contributed by atoms with Crippen molar-refractivity contribution in [3.05, 3.63) is 47.0 Å². The van der Waals surface area contributed by atoms with Crippen LogP contribution in [-0.4, -0.2) is 32.1 Å². The van der Waals surface area contributed by atoms with E-state index in [9.17, 15) is 13.2 Å². The van der Waals surface area contributed by atoms with Gasteiger partial charge in [-0.15, -0.1) is 11.3 Å². The first-order valence-corrected chi connectivity index (χ1v) is 8.95. The van der Waals surface area contributed by atoms with Gasteiger partial charge in [-0.3, -0.25) is 10.1 Å². The zero-order valence-electron chi connectivity index (χ0n) is 11.4. The van der Waals surface area contributed by atoms with Gasteiger partial charge in [0.15, 0.2) is 5.13 Å². The quantitative estimate of drug-likeness (QED) is 0.842. The van der Waals surface area contributed by atoms with Crippen molar-refractivity contribution in [2.75, 3.05) is 18.1 Å². The lowest BCUT2D eigenvalue weighted by Crippen LogP contribution is -2.24. The Kier molecular flexibility index (Phi) is 5.05. The third-order valence-corrected chi connectivity index (χ3v) is 4.06. The monoisotopic (exact) mass is 325 g/mol. The molecule has 112 valence electrons. The molecule has 0 saturated heterocycles. The fourth-order valence-corrected chi connectivity index (χ4v) is 2.65. The lowest BCUT2D eigenvalue weighted by atomic mass is 10.1. The number of nitrogens with one attached hydrogen (secondary N) is 2. The topological polar surface area (TPSA) is 88.2 Å². The standard InChI is InChI=1S/C13H15N3O3S2/c1-21(18,19)15-7-6-10-2-4-11(5-3-10)12(17)16-13-14-8-9-20-13/h2-5,8-9,15H,6-7H2,1H3,(H,14,16,17). The maximum absolute atomic E-state index is 11.9. The minimum atomic E-state index is -3.16. The Hall–Kier alpha value is -1.77. The normalized spacial score (nSPS) is 11.3. The second-order valence-electron chi connectivity index (χ2n) is 4.40. The number of sulfonamides is 1. The van der Waals surface area contributed by atoms with Crippen LogP contribution < -0.4 is 10.0 Å². The largest absolute Gasteiger partial charge is 0.298 e. The number of thiazole rings is 1. The van der Waals surface area contributed by atoms with Gasteiger partial charge >= 0.3 is 0 Å². The summed E-state index contributed by atoms with van der Waals surface area (Å²) in [6.07, 6.45) is 3.32. The average Bonchev–Trinajstić information content (AvgIpc) is 2.91. The molecule has 0 spiro atoms. The molecule has 0 aliphatic carbocycles. The van der Waals surface area contributed by atoms with Crippen molar-refractivity contribution in [2.24, 2.45) is 0 Å². The van der Waals surface area contributed by atoms with E-state index >= 15 is 0 Å². The van der Waals surface area contributed by atoms with Gasteiger partial charge in [0.05, 0.1) is 6.26 Å². The molecule has 8 heteroatoms. The molecule has 0 aliphatic rings. The zero-order chi connectivity index (χ0) is 15.3. The maximum Gasteiger partial charge on any atom is 0.257 e. The fraction of sp³-hybridized carbons (Fsp3) is 0.231. The van der Waals surface area contributed by atoms with Crippen LogP contribution in [0.25, 0.3) is 0 Å². The van der Waals surface area contributed by atoms with Gasteiger partial charge in [0.25, 0.3) is 5.91 Å². The number of carbonyl (C=O) groups is 1. The van der Waals surface area contributed by atoms with Crippen LogP contribution in [0.15, 0.2) is 35.8 Å². The third kappa shape index (κ3) is 5.25. The van der Waals surface area contributed by atoms with Gasteiger partial charge in [-0.2, -0.15) is 0 Å². The molecule has 21 heavy (non-hydrogen) atoms. The summed E-state index contributed by atoms with van der Waals surface area (Å²) in [6, 6.07) is 7.03. The number of aromatic nitrogens is 1. The predicted octanol–water partition coefficient (Wildman–Crippen LogP) is 1.49. The smallest absolute Gasteiger partial charge is 0.257 e. The summed E-state index contributed by atoms with van der Waals surface area (Å²) in [5.41, 5.74) is 1.49. The number of rotatable bonds is 6. The van der Waals surface area contributed by atoms with Gasteiger partial charge in [0, 0.05) is 23.7 Å². The second kappa shape index (κ2) is 6.79. The van der Waals surface area contributed by atoms with E-state index < -0.39 is 10.0 Å². The van der Waals surface area contributed by atoms with Gasteiger partial charge in [-0.25, -0.2) is 18.1 Å². The van der Waals surface area contributed by atoms with Gasteiger partial charge in [-0.05, 0) is 24.1 Å². The van der Waals surface area contributed by atoms with E-state index in [1.807, 2.05) is 0 Å². The molecule has 0 atom stereocenters. The Morgan fingerprint density at radius 2 is 2.00 bits per heavy atom. The molecule has 0 aliphatic heterocycles. The van der Waals surface area contributed by atoms with Gasteiger partial charge in [0.1, 0.15) is 0 Å². The minimum absolute atomic E-state index is 0.217. The minimum Gasteiger partial charge on any atom is -0.298 e. The lowest BCUT2D eigenvalue weighted by Gasteiger charge is -2.05. The van der Waals surface area contributed by atoms with Crippen LogP contribution in [0.5, 0.6) is 0 Å². The molecule has 1 aromatic heterocycles. The van der Waals surface area contributed by atoms with Gasteiger partial charge in [-0.1, -0.05) is 12.1 Å². The van der Waals surface area contributed by atoms with Crippen LogP contribution >= 0.6 is 11.3 Å². The molecular weight excluding hydrogens is 310 g/mol. The molecule has 0 bridgehead atoms. The summed E-state index contributed by atoms with van der Waals surface area (Å²) in [6.45, 7) is 0.337. The Balaban J connectivity index is 1.91. The highest BCUT2D eigenvalue weighted by Crippen LogP contribution is 2.13. The number of anilines is 1. The molecule has 0 radical (unpaired) electrons. The van der Waals surface area contributed by atoms with Crippen molar-refractivity contribution in [2.45, 2.75) is 6.42 Å². The summed E-state index contributed by atoms with van der Waals surface area (Å²) in [4.78, 5) is 15.9. The first-order chi connectivity index (χ1) is 9.94. The molecule has 0 saturated carbocycles. The summed E-state index contributed by atoms with van der Waals surface area (Å²) >= 11 is 1.35. The number of nitrogens with zero attached hydrogens (tertiary/aromatic N) is 1. The van der Waals surface area contributed by atoms with E-state index in [0.29, 0.717) is 23.7 Å². The van der Waals surface area contributed by atoms with Crippen LogP contribution in [0.1, 0.15) is 15.9 Å². The molecule has 0 unspecified atom stereocenters. The zero-order valence-corrected chi connectivity index (χ0v) is 13.0. The van der Waals surface area contributed by atoms with E-state index in [0.717, 1.165) is 11.8 Å². The molecule has 1 aromatic carbocycles. The molecule has 6 nitrogen and oxygen atoms in total. The number of carbonyl (C=O) groups excluding carboxylic acids is 1. The van der Waals surface area contributed by atoms with Crippen LogP contribution in [0.4, 0.5) is 5.13 Å². The van der Waals surface area contributed by atoms with E-state index in [1.165, 1.54) is 11.3 Å². The van der Waals surface area contributed by atoms with Crippen LogP contribution in [-0.2, 0) is 16.4 Å².